The number of aromatic nitrogens is 2. The number of anilines is 2. The number of carbonyl (C=O) groups is 2. The van der Waals surface area contributed by atoms with E-state index in [1.165, 1.54) is 5.56 Å². The number of benzene rings is 2. The van der Waals surface area contributed by atoms with E-state index in [1.807, 2.05) is 79.2 Å². The molecule has 0 radical (unpaired) electrons. The average Bonchev–Trinajstić information content (AvgIpc) is 3.24. The molecule has 1 saturated heterocycles. The predicted molar refractivity (Wildman–Crippen MR) is 143 cm³/mol. The van der Waals surface area contributed by atoms with E-state index >= 15 is 0 Å². The summed E-state index contributed by atoms with van der Waals surface area (Å²) in [5.74, 6) is 1.44. The van der Waals surface area contributed by atoms with E-state index in [0.717, 1.165) is 11.4 Å². The summed E-state index contributed by atoms with van der Waals surface area (Å²) < 4.78 is 0. The van der Waals surface area contributed by atoms with E-state index in [2.05, 4.69) is 37.6 Å². The van der Waals surface area contributed by atoms with Gasteiger partial charge in [-0.1, -0.05) is 48.5 Å². The van der Waals surface area contributed by atoms with Gasteiger partial charge in [-0.2, -0.15) is 0 Å². The number of nitrogens with zero attached hydrogens (tertiary/aromatic N) is 5. The van der Waals surface area contributed by atoms with E-state index in [1.54, 1.807) is 6.33 Å². The normalized spacial score (nSPS) is 18.5. The van der Waals surface area contributed by atoms with Crippen LogP contribution < -0.4 is 15.5 Å². The molecule has 2 aromatic carbocycles. The van der Waals surface area contributed by atoms with Gasteiger partial charge in [0.2, 0.25) is 0 Å². The van der Waals surface area contributed by atoms with Gasteiger partial charge in [0.15, 0.2) is 0 Å². The first-order valence-corrected chi connectivity index (χ1v) is 12.7. The van der Waals surface area contributed by atoms with Crippen molar-refractivity contribution in [3.05, 3.63) is 83.7 Å². The Bertz CT molecular complexity index is 1250. The lowest BCUT2D eigenvalue weighted by atomic mass is 10.1. The molecule has 37 heavy (non-hydrogen) atoms. The number of hydrogen-bond donors (Lipinski definition) is 2. The van der Waals surface area contributed by atoms with Gasteiger partial charge in [0.25, 0.3) is 5.91 Å². The first-order valence-electron chi connectivity index (χ1n) is 12.7. The summed E-state index contributed by atoms with van der Waals surface area (Å²) >= 11 is 0. The second kappa shape index (κ2) is 10.5. The molecule has 0 saturated carbocycles. The second-order valence-corrected chi connectivity index (χ2v) is 9.99. The van der Waals surface area contributed by atoms with E-state index in [9.17, 15) is 9.59 Å². The highest BCUT2D eigenvalue weighted by Gasteiger charge is 2.44. The van der Waals surface area contributed by atoms with Gasteiger partial charge in [0, 0.05) is 38.3 Å². The molecule has 9 heteroatoms. The fourth-order valence-electron chi connectivity index (χ4n) is 5.12. The topological polar surface area (TPSA) is 93.7 Å². The minimum Gasteiger partial charge on any atom is -0.363 e. The highest BCUT2D eigenvalue weighted by Crippen LogP contribution is 2.33. The van der Waals surface area contributed by atoms with Crippen molar-refractivity contribution in [2.45, 2.75) is 45.1 Å². The first kappa shape index (κ1) is 24.5. The lowest BCUT2D eigenvalue weighted by Crippen LogP contribution is -2.52. The number of likely N-dealkylation sites (tertiary alicyclic amines) is 1. The van der Waals surface area contributed by atoms with Crippen molar-refractivity contribution in [3.63, 3.8) is 0 Å². The van der Waals surface area contributed by atoms with Gasteiger partial charge in [-0.15, -0.1) is 0 Å². The van der Waals surface area contributed by atoms with Crippen LogP contribution in [0.3, 0.4) is 0 Å². The zero-order valence-electron chi connectivity index (χ0n) is 21.5. The van der Waals surface area contributed by atoms with Crippen molar-refractivity contribution in [2.75, 3.05) is 30.4 Å². The maximum absolute atomic E-state index is 13.5. The number of rotatable bonds is 5. The zero-order valence-corrected chi connectivity index (χ0v) is 21.5. The van der Waals surface area contributed by atoms with Gasteiger partial charge >= 0.3 is 6.03 Å². The van der Waals surface area contributed by atoms with Crippen molar-refractivity contribution in [1.82, 2.24) is 25.1 Å². The Morgan fingerprint density at radius 2 is 1.76 bits per heavy atom. The molecule has 0 aliphatic carbocycles. The van der Waals surface area contributed by atoms with Gasteiger partial charge in [-0.05, 0) is 31.5 Å². The molecule has 0 spiro atoms. The van der Waals surface area contributed by atoms with Crippen molar-refractivity contribution in [3.8, 4) is 0 Å². The quantitative estimate of drug-likeness (QED) is 0.559. The summed E-state index contributed by atoms with van der Waals surface area (Å²) in [6, 6.07) is 18.9. The van der Waals surface area contributed by atoms with Gasteiger partial charge in [-0.3, -0.25) is 4.79 Å². The molecule has 1 fully saturated rings. The number of carbonyl (C=O) groups excluding carboxylic acids is 2. The molecule has 0 bridgehead atoms. The minimum atomic E-state index is -0.215. The van der Waals surface area contributed by atoms with Gasteiger partial charge in [0.1, 0.15) is 18.0 Å². The number of urea groups is 1. The van der Waals surface area contributed by atoms with Crippen LogP contribution in [-0.2, 0) is 13.1 Å². The minimum absolute atomic E-state index is 0.0164. The highest BCUT2D eigenvalue weighted by molar-refractivity contribution is 5.94. The molecule has 3 heterocycles. The van der Waals surface area contributed by atoms with Gasteiger partial charge in [0.05, 0.1) is 24.2 Å². The van der Waals surface area contributed by atoms with Crippen molar-refractivity contribution in [2.24, 2.45) is 0 Å². The largest absolute Gasteiger partial charge is 0.363 e. The van der Waals surface area contributed by atoms with Gasteiger partial charge in [-0.25, -0.2) is 14.8 Å². The molecule has 3 amide bonds. The van der Waals surface area contributed by atoms with Crippen molar-refractivity contribution in [1.29, 1.82) is 0 Å². The molecule has 9 nitrogen and oxygen atoms in total. The lowest BCUT2D eigenvalue weighted by Gasteiger charge is -2.31. The molecule has 5 rings (SSSR count). The monoisotopic (exact) mass is 499 g/mol. The third-order valence-corrected chi connectivity index (χ3v) is 6.87. The zero-order chi connectivity index (χ0) is 25.9. The van der Waals surface area contributed by atoms with Crippen LogP contribution in [0, 0.1) is 0 Å². The molecule has 0 unspecified atom stereocenters. The van der Waals surface area contributed by atoms with E-state index in [-0.39, 0.29) is 30.1 Å². The van der Waals surface area contributed by atoms with Crippen LogP contribution in [-0.4, -0.2) is 70.0 Å². The number of nitrogens with one attached hydrogen (secondary N) is 2. The fraction of sp³-hybridized carbons (Fsp3) is 0.357. The second-order valence-electron chi connectivity index (χ2n) is 9.99. The summed E-state index contributed by atoms with van der Waals surface area (Å²) in [5.41, 5.74) is 2.68. The van der Waals surface area contributed by atoms with Crippen LogP contribution in [0.25, 0.3) is 0 Å². The van der Waals surface area contributed by atoms with Crippen LogP contribution in [0.5, 0.6) is 0 Å². The Hall–Kier alpha value is -4.14. The third-order valence-electron chi connectivity index (χ3n) is 6.87. The Labute approximate surface area is 217 Å². The Balaban J connectivity index is 1.46. The molecule has 2 atom stereocenters. The van der Waals surface area contributed by atoms with Gasteiger partial charge < -0.3 is 25.3 Å². The highest BCUT2D eigenvalue weighted by atomic mass is 16.2. The summed E-state index contributed by atoms with van der Waals surface area (Å²) in [6.45, 7) is 5.82. The molecule has 192 valence electrons. The average molecular weight is 500 g/mol. The number of fused-ring (bicyclic) bond motifs is 2. The third kappa shape index (κ3) is 5.21. The number of hydrogen-bond acceptors (Lipinski definition) is 6. The molecule has 3 aromatic rings. The molecular weight excluding hydrogens is 466 g/mol. The smallest absolute Gasteiger partial charge is 0.318 e. The summed E-state index contributed by atoms with van der Waals surface area (Å²) in [4.78, 5) is 41.6. The summed E-state index contributed by atoms with van der Waals surface area (Å²) in [6.07, 6.45) is 1.56. The van der Waals surface area contributed by atoms with Crippen LogP contribution in [0.1, 0.15) is 35.3 Å². The van der Waals surface area contributed by atoms with Crippen molar-refractivity contribution >= 4 is 23.6 Å². The first-order chi connectivity index (χ1) is 17.9. The summed E-state index contributed by atoms with van der Waals surface area (Å²) in [5, 5.41) is 6.61. The lowest BCUT2D eigenvalue weighted by molar-refractivity contribution is 0.0778. The van der Waals surface area contributed by atoms with Crippen LogP contribution >= 0.6 is 0 Å². The Kier molecular flexibility index (Phi) is 6.94. The van der Waals surface area contributed by atoms with Crippen molar-refractivity contribution < 1.29 is 9.59 Å². The predicted octanol–water partition coefficient (Wildman–Crippen LogP) is 3.35. The maximum Gasteiger partial charge on any atom is 0.318 e. The Morgan fingerprint density at radius 1 is 1.05 bits per heavy atom. The number of amides is 3. The SMILES string of the molecule is CC(C)NC(=O)N1Cc2c(ncnc2N(C)Cc2ccccc2)N[C@H]2CN(C(=O)c3ccccc3)C[C@@H]21. The molecule has 2 aliphatic rings. The molecule has 2 N–H and O–H groups in total. The molecular formula is C28H33N7O2. The molecule has 2 aliphatic heterocycles. The van der Waals surface area contributed by atoms with E-state index in [0.29, 0.717) is 37.6 Å². The van der Waals surface area contributed by atoms with E-state index < -0.39 is 0 Å². The van der Waals surface area contributed by atoms with Crippen LogP contribution in [0.15, 0.2) is 67.0 Å². The van der Waals surface area contributed by atoms with E-state index in [4.69, 9.17) is 0 Å². The molecule has 1 aromatic heterocycles. The van der Waals surface area contributed by atoms with Crippen LogP contribution in [0.4, 0.5) is 16.4 Å². The fourth-order valence-corrected chi connectivity index (χ4v) is 5.12. The van der Waals surface area contributed by atoms with Crippen LogP contribution in [0.2, 0.25) is 0 Å². The maximum atomic E-state index is 13.5. The summed E-state index contributed by atoms with van der Waals surface area (Å²) in [7, 11) is 2.00. The Morgan fingerprint density at radius 3 is 2.46 bits per heavy atom. The standard InChI is InChI=1S/C28H33N7O2/c1-19(2)31-28(37)35-15-22-25(29-18-30-26(22)33(3)14-20-10-6-4-7-11-20)32-23-16-34(17-24(23)35)27(36)21-12-8-5-9-13-21/h4-13,18-19,23-24H,14-17H2,1-3H3,(H,31,37)(H,29,30,32)/t23-,24-/m0/s1.